The maximum atomic E-state index is 12.1. The van der Waals surface area contributed by atoms with Gasteiger partial charge in [0.15, 0.2) is 5.82 Å². The summed E-state index contributed by atoms with van der Waals surface area (Å²) < 4.78 is 2.02. The average Bonchev–Trinajstić information content (AvgIpc) is 3.00. The maximum absolute atomic E-state index is 12.1. The molecule has 1 unspecified atom stereocenters. The van der Waals surface area contributed by atoms with Gasteiger partial charge in [0.1, 0.15) is 11.9 Å². The molecule has 2 aromatic rings. The Hall–Kier alpha value is -2.42. The van der Waals surface area contributed by atoms with E-state index in [0.717, 1.165) is 27.7 Å². The van der Waals surface area contributed by atoms with E-state index in [4.69, 9.17) is 22.4 Å². The normalized spacial score (nSPS) is 21.0. The van der Waals surface area contributed by atoms with Crippen LogP contribution in [0.15, 0.2) is 45.8 Å². The lowest BCUT2D eigenvalue weighted by atomic mass is 9.92. The molecule has 0 aliphatic carbocycles. The van der Waals surface area contributed by atoms with Gasteiger partial charge >= 0.3 is 0 Å². The first-order valence-corrected chi connectivity index (χ1v) is 10.4. The van der Waals surface area contributed by atoms with Crippen molar-refractivity contribution in [1.82, 2.24) is 20.2 Å². The van der Waals surface area contributed by atoms with Gasteiger partial charge in [-0.05, 0) is 30.9 Å². The summed E-state index contributed by atoms with van der Waals surface area (Å²) in [5, 5.41) is 10.3. The summed E-state index contributed by atoms with van der Waals surface area (Å²) in [6.45, 7) is 6.15. The predicted molar refractivity (Wildman–Crippen MR) is 116 cm³/mol. The zero-order chi connectivity index (χ0) is 20.7. The zero-order valence-corrected chi connectivity index (χ0v) is 17.9. The highest BCUT2D eigenvalue weighted by molar-refractivity contribution is 8.11. The molecule has 1 aromatic carbocycles. The molecule has 0 bridgehead atoms. The molecule has 150 valence electrons. The van der Waals surface area contributed by atoms with Crippen LogP contribution < -0.4 is 11.3 Å². The number of halogens is 1. The number of carbonyl (C=O) groups excluding carboxylic acids is 1. The van der Waals surface area contributed by atoms with Crippen LogP contribution in [0.2, 0.25) is 5.02 Å². The van der Waals surface area contributed by atoms with Crippen LogP contribution in [0.3, 0.4) is 0 Å². The molecule has 0 saturated carbocycles. The number of allylic oxidation sites excluding steroid dienone is 3. The molecule has 7 nitrogen and oxygen atoms in total. The number of thioether (sulfide) groups is 1. The molecule has 4 rings (SSSR count). The lowest BCUT2D eigenvalue weighted by molar-refractivity contribution is -0.121. The number of nitrogens with zero attached hydrogens (tertiary/aromatic N) is 4. The molecular formula is C20H21ClN6OS. The summed E-state index contributed by atoms with van der Waals surface area (Å²) in [4.78, 5) is 18.3. The summed E-state index contributed by atoms with van der Waals surface area (Å²) in [6.07, 6.45) is 2.30. The molecule has 2 atom stereocenters. The van der Waals surface area contributed by atoms with Crippen LogP contribution in [0.4, 0.5) is 0 Å². The lowest BCUT2D eigenvalue weighted by Gasteiger charge is -2.25. The Morgan fingerprint density at radius 1 is 1.28 bits per heavy atom. The summed E-state index contributed by atoms with van der Waals surface area (Å²) in [5.74, 6) is 6.57. The number of amides is 1. The Morgan fingerprint density at radius 3 is 2.69 bits per heavy atom. The fourth-order valence-electron chi connectivity index (χ4n) is 3.69. The number of hydrogen-bond acceptors (Lipinski definition) is 6. The third kappa shape index (κ3) is 3.63. The lowest BCUT2D eigenvalue weighted by Crippen LogP contribution is -2.31. The van der Waals surface area contributed by atoms with Crippen LogP contribution in [-0.4, -0.2) is 26.4 Å². The highest BCUT2D eigenvalue weighted by atomic mass is 35.5. The van der Waals surface area contributed by atoms with Crippen molar-refractivity contribution in [2.24, 2.45) is 16.8 Å². The molecule has 0 fully saturated rings. The van der Waals surface area contributed by atoms with Crippen molar-refractivity contribution >= 4 is 40.0 Å². The fourth-order valence-corrected chi connectivity index (χ4v) is 5.11. The van der Waals surface area contributed by atoms with Gasteiger partial charge < -0.3 is 0 Å². The second-order valence-electron chi connectivity index (χ2n) is 7.10. The molecular weight excluding hydrogens is 408 g/mol. The van der Waals surface area contributed by atoms with E-state index in [1.54, 1.807) is 11.8 Å². The van der Waals surface area contributed by atoms with Gasteiger partial charge in [-0.2, -0.15) is 0 Å². The van der Waals surface area contributed by atoms with Crippen LogP contribution in [0.1, 0.15) is 43.5 Å². The van der Waals surface area contributed by atoms with E-state index < -0.39 is 6.04 Å². The second-order valence-corrected chi connectivity index (χ2v) is 8.77. The van der Waals surface area contributed by atoms with E-state index in [1.165, 1.54) is 4.91 Å². The van der Waals surface area contributed by atoms with Crippen LogP contribution in [0, 0.1) is 12.8 Å². The molecule has 0 radical (unpaired) electrons. The van der Waals surface area contributed by atoms with Crippen molar-refractivity contribution in [2.75, 3.05) is 0 Å². The predicted octanol–water partition coefficient (Wildman–Crippen LogP) is 3.62. The smallest absolute Gasteiger partial charge is 0.236 e. The largest absolute Gasteiger partial charge is 0.294 e. The molecule has 29 heavy (non-hydrogen) atoms. The first-order chi connectivity index (χ1) is 13.9. The van der Waals surface area contributed by atoms with Crippen LogP contribution in [0.25, 0.3) is 5.03 Å². The number of aromatic nitrogens is 3. The fraction of sp³-hybridized carbons (Fsp3) is 0.300. The van der Waals surface area contributed by atoms with E-state index in [1.807, 2.05) is 35.8 Å². The summed E-state index contributed by atoms with van der Waals surface area (Å²) in [7, 11) is 0. The maximum Gasteiger partial charge on any atom is 0.236 e. The Balaban J connectivity index is 1.97. The first-order valence-electron chi connectivity index (χ1n) is 9.25. The molecule has 3 N–H and O–H groups in total. The van der Waals surface area contributed by atoms with Gasteiger partial charge in [0.25, 0.3) is 0 Å². The third-order valence-electron chi connectivity index (χ3n) is 4.98. The van der Waals surface area contributed by atoms with Crippen LogP contribution >= 0.6 is 23.4 Å². The summed E-state index contributed by atoms with van der Waals surface area (Å²) >= 11 is 7.77. The minimum absolute atomic E-state index is 0.0811. The minimum atomic E-state index is -0.510. The second kappa shape index (κ2) is 7.78. The number of aliphatic imine (C=N–C) groups is 1. The highest BCUT2D eigenvalue weighted by Gasteiger charge is 2.34. The van der Waals surface area contributed by atoms with Crippen molar-refractivity contribution in [1.29, 1.82) is 0 Å². The number of aryl methyl sites for hydroxylation is 1. The molecule has 1 amide bonds. The van der Waals surface area contributed by atoms with Gasteiger partial charge in [-0.15, -0.1) is 10.2 Å². The van der Waals surface area contributed by atoms with Crippen LogP contribution in [-0.2, 0) is 4.79 Å². The number of hydrogen-bond donors (Lipinski definition) is 2. The van der Waals surface area contributed by atoms with Crippen molar-refractivity contribution in [3.8, 4) is 0 Å². The standard InChI is InChI=1S/C20H21ClN6OS/c1-10-8-11(2)29-20-17(10)18(13-4-6-14(21)7-5-13)23-15(9-16(28)24-22)19-26-25-12(3)27(19)20/h4-8,10,15H,9,22H2,1-3H3,(H,24,28)/t10?,15-/m0/s1. The quantitative estimate of drug-likeness (QED) is 0.442. The van der Waals surface area contributed by atoms with Gasteiger partial charge in [-0.3, -0.25) is 19.8 Å². The van der Waals surface area contributed by atoms with E-state index >= 15 is 0 Å². The topological polar surface area (TPSA) is 98.2 Å². The van der Waals surface area contributed by atoms with Gasteiger partial charge in [0, 0.05) is 22.1 Å². The van der Waals surface area contributed by atoms with Crippen molar-refractivity contribution < 1.29 is 4.79 Å². The van der Waals surface area contributed by atoms with Gasteiger partial charge in [0.05, 0.1) is 17.2 Å². The highest BCUT2D eigenvalue weighted by Crippen LogP contribution is 2.45. The number of nitrogens with one attached hydrogen (secondary N) is 1. The Labute approximate surface area is 178 Å². The number of benzene rings is 1. The Bertz CT molecular complexity index is 1070. The number of nitrogens with two attached hydrogens (primary N) is 1. The van der Waals surface area contributed by atoms with Gasteiger partial charge in [-0.1, -0.05) is 48.5 Å². The number of carbonyl (C=O) groups is 1. The summed E-state index contributed by atoms with van der Waals surface area (Å²) in [6, 6.07) is 7.09. The van der Waals surface area contributed by atoms with Gasteiger partial charge in [0.2, 0.25) is 5.91 Å². The molecule has 1 aromatic heterocycles. The van der Waals surface area contributed by atoms with E-state index in [2.05, 4.69) is 35.5 Å². The number of fused-ring (bicyclic) bond motifs is 2. The van der Waals surface area contributed by atoms with Crippen LogP contribution in [0.5, 0.6) is 0 Å². The third-order valence-corrected chi connectivity index (χ3v) is 6.28. The minimum Gasteiger partial charge on any atom is -0.294 e. The number of rotatable bonds is 3. The van der Waals surface area contributed by atoms with Crippen molar-refractivity contribution in [3.63, 3.8) is 0 Å². The number of hydrazine groups is 1. The Morgan fingerprint density at radius 2 is 2.00 bits per heavy atom. The monoisotopic (exact) mass is 428 g/mol. The average molecular weight is 429 g/mol. The molecule has 2 aliphatic rings. The molecule has 0 spiro atoms. The zero-order valence-electron chi connectivity index (χ0n) is 16.3. The van der Waals surface area contributed by atoms with E-state index in [-0.39, 0.29) is 18.2 Å². The Kier molecular flexibility index (Phi) is 5.33. The van der Waals surface area contributed by atoms with E-state index in [0.29, 0.717) is 10.8 Å². The van der Waals surface area contributed by atoms with E-state index in [9.17, 15) is 4.79 Å². The van der Waals surface area contributed by atoms with Crippen molar-refractivity contribution in [2.45, 2.75) is 33.2 Å². The van der Waals surface area contributed by atoms with Gasteiger partial charge in [-0.25, -0.2) is 5.84 Å². The molecule has 9 heteroatoms. The molecule has 0 saturated heterocycles. The SMILES string of the molecule is CC1=CC(C)C2=C(S1)n1c(C)nnc1[C@H](CC(=O)NN)N=C2c1ccc(Cl)cc1. The summed E-state index contributed by atoms with van der Waals surface area (Å²) in [5.41, 5.74) is 5.06. The molecule has 2 aliphatic heterocycles. The van der Waals surface area contributed by atoms with Crippen molar-refractivity contribution in [3.05, 3.63) is 63.1 Å². The molecule has 3 heterocycles. The first kappa shape index (κ1) is 19.9.